The Bertz CT molecular complexity index is 1060. The molecule has 2 aromatic rings. The molecule has 0 spiro atoms. The number of carbonyl (C=O) groups is 2. The number of rotatable bonds is 6. The van der Waals surface area contributed by atoms with E-state index in [1.807, 2.05) is 30.3 Å². The molecule has 180 valence electrons. The predicted octanol–water partition coefficient (Wildman–Crippen LogP) is 2.65. The summed E-state index contributed by atoms with van der Waals surface area (Å²) in [5.74, 6) is 0.672. The lowest BCUT2D eigenvalue weighted by molar-refractivity contribution is -0.126. The summed E-state index contributed by atoms with van der Waals surface area (Å²) in [5.41, 5.74) is 1.69. The van der Waals surface area contributed by atoms with Crippen molar-refractivity contribution >= 4 is 29.1 Å². The minimum Gasteiger partial charge on any atom is -0.486 e. The molecule has 2 atom stereocenters. The van der Waals surface area contributed by atoms with E-state index in [9.17, 15) is 9.59 Å². The number of nitrogens with zero attached hydrogens (tertiary/aromatic N) is 2. The molecule has 3 aliphatic rings. The van der Waals surface area contributed by atoms with Gasteiger partial charge in [-0.3, -0.25) is 14.5 Å². The third-order valence-corrected chi connectivity index (χ3v) is 6.90. The second-order valence-electron chi connectivity index (χ2n) is 8.66. The summed E-state index contributed by atoms with van der Waals surface area (Å²) in [6.45, 7) is 4.57. The molecule has 3 heterocycles. The van der Waals surface area contributed by atoms with Crippen LogP contribution < -0.4 is 19.7 Å². The maximum atomic E-state index is 13.1. The zero-order chi connectivity index (χ0) is 23.5. The average Bonchev–Trinajstić information content (AvgIpc) is 3.27. The van der Waals surface area contributed by atoms with Crippen molar-refractivity contribution in [1.29, 1.82) is 0 Å². The van der Waals surface area contributed by atoms with Gasteiger partial charge in [-0.05, 0) is 23.8 Å². The zero-order valence-corrected chi connectivity index (χ0v) is 19.6. The highest BCUT2D eigenvalue weighted by molar-refractivity contribution is 6.31. The molecule has 2 saturated heterocycles. The molecular formula is C25H28ClN3O5. The highest BCUT2D eigenvalue weighted by Crippen LogP contribution is 2.36. The number of nitrogens with one attached hydrogen (secondary N) is 1. The van der Waals surface area contributed by atoms with E-state index < -0.39 is 5.92 Å². The molecule has 2 amide bonds. The zero-order valence-electron chi connectivity index (χ0n) is 18.9. The van der Waals surface area contributed by atoms with E-state index in [0.29, 0.717) is 61.7 Å². The maximum Gasteiger partial charge on any atom is 0.227 e. The van der Waals surface area contributed by atoms with Gasteiger partial charge in [-0.2, -0.15) is 0 Å². The molecule has 8 nitrogen and oxygen atoms in total. The van der Waals surface area contributed by atoms with Crippen LogP contribution in [0.15, 0.2) is 42.5 Å². The third kappa shape index (κ3) is 4.85. The molecule has 34 heavy (non-hydrogen) atoms. The van der Waals surface area contributed by atoms with Crippen LogP contribution in [0.5, 0.6) is 11.5 Å². The molecule has 0 radical (unpaired) electrons. The number of anilines is 1. The minimum atomic E-state index is -0.419. The van der Waals surface area contributed by atoms with Crippen LogP contribution in [0.3, 0.4) is 0 Å². The Morgan fingerprint density at radius 3 is 2.62 bits per heavy atom. The van der Waals surface area contributed by atoms with Crippen molar-refractivity contribution in [1.82, 2.24) is 10.2 Å². The van der Waals surface area contributed by atoms with Gasteiger partial charge in [-0.25, -0.2) is 0 Å². The van der Waals surface area contributed by atoms with E-state index in [2.05, 4.69) is 10.2 Å². The first-order chi connectivity index (χ1) is 16.6. The van der Waals surface area contributed by atoms with Crippen LogP contribution in [0.1, 0.15) is 18.0 Å². The summed E-state index contributed by atoms with van der Waals surface area (Å²) in [5, 5.41) is 3.76. The van der Waals surface area contributed by atoms with Gasteiger partial charge in [0, 0.05) is 49.4 Å². The molecule has 0 bridgehead atoms. The largest absolute Gasteiger partial charge is 0.486 e. The van der Waals surface area contributed by atoms with Crippen molar-refractivity contribution in [3.63, 3.8) is 0 Å². The molecule has 0 aromatic heterocycles. The Balaban J connectivity index is 1.25. The number of carbonyl (C=O) groups excluding carboxylic acids is 2. The SMILES string of the molecule is O=C(NCC(c1ccccc1Cl)N1CCOCC1)C1CC(=O)N(c2ccc3c(c2)OCCO3)C1. The number of hydrogen-bond donors (Lipinski definition) is 1. The fourth-order valence-electron chi connectivity index (χ4n) is 4.74. The van der Waals surface area contributed by atoms with Crippen LogP contribution in [0.4, 0.5) is 5.69 Å². The second-order valence-corrected chi connectivity index (χ2v) is 9.07. The van der Waals surface area contributed by atoms with Crippen molar-refractivity contribution in [2.45, 2.75) is 12.5 Å². The van der Waals surface area contributed by atoms with Crippen molar-refractivity contribution in [2.75, 3.05) is 57.5 Å². The Hall–Kier alpha value is -2.81. The molecule has 2 unspecified atom stereocenters. The van der Waals surface area contributed by atoms with Gasteiger partial charge in [0.2, 0.25) is 11.8 Å². The monoisotopic (exact) mass is 485 g/mol. The smallest absolute Gasteiger partial charge is 0.227 e. The van der Waals surface area contributed by atoms with Crippen molar-refractivity contribution < 1.29 is 23.8 Å². The van der Waals surface area contributed by atoms with Crippen LogP contribution in [0.25, 0.3) is 0 Å². The van der Waals surface area contributed by atoms with Gasteiger partial charge < -0.3 is 24.4 Å². The molecule has 3 aliphatic heterocycles. The third-order valence-electron chi connectivity index (χ3n) is 6.55. The normalized spacial score (nSPS) is 21.4. The number of ether oxygens (including phenoxy) is 3. The Morgan fingerprint density at radius 2 is 1.82 bits per heavy atom. The molecule has 0 saturated carbocycles. The summed E-state index contributed by atoms with van der Waals surface area (Å²) in [7, 11) is 0. The van der Waals surface area contributed by atoms with E-state index in [1.165, 1.54) is 0 Å². The van der Waals surface area contributed by atoms with Gasteiger partial charge in [-0.1, -0.05) is 29.8 Å². The molecule has 2 aromatic carbocycles. The molecule has 0 aliphatic carbocycles. The van der Waals surface area contributed by atoms with Crippen LogP contribution in [0, 0.1) is 5.92 Å². The predicted molar refractivity (Wildman–Crippen MR) is 127 cm³/mol. The van der Waals surface area contributed by atoms with E-state index in [0.717, 1.165) is 18.7 Å². The highest BCUT2D eigenvalue weighted by Gasteiger charge is 2.36. The van der Waals surface area contributed by atoms with Crippen molar-refractivity contribution in [2.24, 2.45) is 5.92 Å². The lowest BCUT2D eigenvalue weighted by Gasteiger charge is -2.35. The molecule has 9 heteroatoms. The quantitative estimate of drug-likeness (QED) is 0.677. The first kappa shape index (κ1) is 23.0. The minimum absolute atomic E-state index is 0.0625. The van der Waals surface area contributed by atoms with Crippen molar-refractivity contribution in [3.8, 4) is 11.5 Å². The second kappa shape index (κ2) is 10.2. The number of halogens is 1. The standard InChI is InChI=1S/C25H28ClN3O5/c26-20-4-2-1-3-19(20)21(28-7-9-32-10-8-28)15-27-25(31)17-13-24(30)29(16-17)18-5-6-22-23(14-18)34-12-11-33-22/h1-6,14,17,21H,7-13,15-16H2,(H,27,31). The summed E-state index contributed by atoms with van der Waals surface area (Å²) in [6.07, 6.45) is 0.175. The molecule has 5 rings (SSSR count). The van der Waals surface area contributed by atoms with E-state index in [4.69, 9.17) is 25.8 Å². The number of benzene rings is 2. The van der Waals surface area contributed by atoms with Crippen molar-refractivity contribution in [3.05, 3.63) is 53.1 Å². The first-order valence-electron chi connectivity index (χ1n) is 11.6. The lowest BCUT2D eigenvalue weighted by atomic mass is 10.0. The average molecular weight is 486 g/mol. The summed E-state index contributed by atoms with van der Waals surface area (Å²) < 4.78 is 16.7. The summed E-state index contributed by atoms with van der Waals surface area (Å²) in [4.78, 5) is 29.8. The fourth-order valence-corrected chi connectivity index (χ4v) is 5.01. The number of morpholine rings is 1. The van der Waals surface area contributed by atoms with E-state index in [1.54, 1.807) is 17.0 Å². The van der Waals surface area contributed by atoms with Crippen LogP contribution in [-0.2, 0) is 14.3 Å². The number of fused-ring (bicyclic) bond motifs is 1. The van der Waals surface area contributed by atoms with E-state index >= 15 is 0 Å². The topological polar surface area (TPSA) is 80.3 Å². The number of amides is 2. The fraction of sp³-hybridized carbons (Fsp3) is 0.440. The molecule has 1 N–H and O–H groups in total. The van der Waals surface area contributed by atoms with Gasteiger partial charge >= 0.3 is 0 Å². The van der Waals surface area contributed by atoms with Gasteiger partial charge in [0.1, 0.15) is 13.2 Å². The Morgan fingerprint density at radius 1 is 1.06 bits per heavy atom. The number of hydrogen-bond acceptors (Lipinski definition) is 6. The van der Waals surface area contributed by atoms with Crippen LogP contribution in [-0.4, -0.2) is 69.3 Å². The van der Waals surface area contributed by atoms with Gasteiger partial charge in [0.25, 0.3) is 0 Å². The van der Waals surface area contributed by atoms with Gasteiger partial charge in [0.05, 0.1) is 25.2 Å². The summed E-state index contributed by atoms with van der Waals surface area (Å²) in [6, 6.07) is 13.1. The molecule has 2 fully saturated rings. The lowest BCUT2D eigenvalue weighted by Crippen LogP contribution is -2.45. The Kier molecular flexibility index (Phi) is 6.89. The Labute approximate surface area is 203 Å². The summed E-state index contributed by atoms with van der Waals surface area (Å²) >= 11 is 6.50. The van der Waals surface area contributed by atoms with E-state index in [-0.39, 0.29) is 24.3 Å². The van der Waals surface area contributed by atoms with Crippen LogP contribution >= 0.6 is 11.6 Å². The van der Waals surface area contributed by atoms with Gasteiger partial charge in [-0.15, -0.1) is 0 Å². The van der Waals surface area contributed by atoms with Crippen LogP contribution in [0.2, 0.25) is 5.02 Å². The molecular weight excluding hydrogens is 458 g/mol. The van der Waals surface area contributed by atoms with Gasteiger partial charge in [0.15, 0.2) is 11.5 Å². The maximum absolute atomic E-state index is 13.1. The highest BCUT2D eigenvalue weighted by atomic mass is 35.5. The first-order valence-corrected chi connectivity index (χ1v) is 12.0.